The van der Waals surface area contributed by atoms with Crippen molar-refractivity contribution < 1.29 is 27.5 Å². The fourth-order valence-corrected chi connectivity index (χ4v) is 4.68. The van der Waals surface area contributed by atoms with Gasteiger partial charge in [-0.3, -0.25) is 13.9 Å². The van der Waals surface area contributed by atoms with E-state index in [0.717, 1.165) is 16.1 Å². The molecular formula is C19H28N2O6S. The number of methoxy groups -OCH3 is 2. The first-order valence-corrected chi connectivity index (χ1v) is 11.0. The topological polar surface area (TPSA) is 93.2 Å². The van der Waals surface area contributed by atoms with Crippen LogP contribution in [0.3, 0.4) is 0 Å². The molecule has 1 aliphatic rings. The van der Waals surface area contributed by atoms with Crippen LogP contribution in [0.5, 0.6) is 5.75 Å². The van der Waals surface area contributed by atoms with Crippen LogP contribution in [0.2, 0.25) is 0 Å². The summed E-state index contributed by atoms with van der Waals surface area (Å²) in [7, 11) is -0.941. The summed E-state index contributed by atoms with van der Waals surface area (Å²) in [6.45, 7) is 4.17. The minimum absolute atomic E-state index is 0.229. The number of aryl methyl sites for hydroxylation is 1. The van der Waals surface area contributed by atoms with E-state index in [2.05, 4.69) is 0 Å². The van der Waals surface area contributed by atoms with Crippen molar-refractivity contribution in [3.05, 3.63) is 23.8 Å². The summed E-state index contributed by atoms with van der Waals surface area (Å²) in [5.41, 5.74) is 1.18. The lowest BCUT2D eigenvalue weighted by Gasteiger charge is -2.36. The highest BCUT2D eigenvalue weighted by Crippen LogP contribution is 2.33. The summed E-state index contributed by atoms with van der Waals surface area (Å²) in [5, 5.41) is 0. The normalized spacial score (nSPS) is 16.4. The van der Waals surface area contributed by atoms with Gasteiger partial charge in [-0.15, -0.1) is 0 Å². The van der Waals surface area contributed by atoms with Gasteiger partial charge in [0, 0.05) is 13.1 Å². The molecule has 1 unspecified atom stereocenters. The molecule has 0 N–H and O–H groups in total. The first-order chi connectivity index (χ1) is 13.1. The van der Waals surface area contributed by atoms with Crippen LogP contribution in [0.1, 0.15) is 25.3 Å². The van der Waals surface area contributed by atoms with E-state index in [9.17, 15) is 18.0 Å². The van der Waals surface area contributed by atoms with Gasteiger partial charge >= 0.3 is 5.97 Å². The minimum atomic E-state index is -3.75. The standard InChI is InChI=1S/C19H28N2O6S/c1-13-6-7-17(26-3)16(12-13)21(28(5,24)25)14(2)18(22)20-10-8-15(9-11-20)19(23)27-4/h6-7,12,14-15H,8-11H2,1-5H3. The van der Waals surface area contributed by atoms with Crippen molar-refractivity contribution in [1.29, 1.82) is 0 Å². The molecular weight excluding hydrogens is 384 g/mol. The summed E-state index contributed by atoms with van der Waals surface area (Å²) >= 11 is 0. The maximum atomic E-state index is 13.1. The molecule has 28 heavy (non-hydrogen) atoms. The van der Waals surface area contributed by atoms with Gasteiger partial charge in [0.05, 0.1) is 32.1 Å². The van der Waals surface area contributed by atoms with Crippen molar-refractivity contribution in [2.75, 3.05) is 37.9 Å². The number of hydrogen-bond acceptors (Lipinski definition) is 6. The van der Waals surface area contributed by atoms with Gasteiger partial charge in [-0.2, -0.15) is 0 Å². The molecule has 1 aliphatic heterocycles. The molecule has 8 nitrogen and oxygen atoms in total. The largest absolute Gasteiger partial charge is 0.495 e. The highest BCUT2D eigenvalue weighted by atomic mass is 32.2. The maximum Gasteiger partial charge on any atom is 0.308 e. The Labute approximate surface area is 166 Å². The average molecular weight is 413 g/mol. The van der Waals surface area contributed by atoms with E-state index in [1.807, 2.05) is 13.0 Å². The fraction of sp³-hybridized carbons (Fsp3) is 0.579. The minimum Gasteiger partial charge on any atom is -0.495 e. The highest BCUT2D eigenvalue weighted by molar-refractivity contribution is 7.92. The quantitative estimate of drug-likeness (QED) is 0.659. The Kier molecular flexibility index (Phi) is 6.92. The second kappa shape index (κ2) is 8.81. The van der Waals surface area contributed by atoms with Crippen LogP contribution in [0, 0.1) is 12.8 Å². The Morgan fingerprint density at radius 3 is 2.32 bits per heavy atom. The van der Waals surface area contributed by atoms with Gasteiger partial charge in [-0.05, 0) is 44.4 Å². The van der Waals surface area contributed by atoms with E-state index in [4.69, 9.17) is 9.47 Å². The molecule has 1 aromatic rings. The van der Waals surface area contributed by atoms with E-state index in [0.29, 0.717) is 37.4 Å². The van der Waals surface area contributed by atoms with Gasteiger partial charge in [0.1, 0.15) is 11.8 Å². The second-order valence-electron chi connectivity index (χ2n) is 7.03. The predicted molar refractivity (Wildman–Crippen MR) is 106 cm³/mol. The molecule has 0 aliphatic carbocycles. The van der Waals surface area contributed by atoms with E-state index in [-0.39, 0.29) is 17.8 Å². The molecule has 156 valence electrons. The van der Waals surface area contributed by atoms with Crippen LogP contribution in [-0.4, -0.2) is 64.8 Å². The van der Waals surface area contributed by atoms with Crippen LogP contribution in [-0.2, 0) is 24.3 Å². The smallest absolute Gasteiger partial charge is 0.308 e. The third-order valence-electron chi connectivity index (χ3n) is 4.98. The number of anilines is 1. The van der Waals surface area contributed by atoms with E-state index in [1.165, 1.54) is 14.2 Å². The number of ether oxygens (including phenoxy) is 2. The van der Waals surface area contributed by atoms with Gasteiger partial charge in [-0.25, -0.2) is 8.42 Å². The highest BCUT2D eigenvalue weighted by Gasteiger charge is 2.36. The number of rotatable bonds is 6. The van der Waals surface area contributed by atoms with Crippen LogP contribution in [0.4, 0.5) is 5.69 Å². The van der Waals surface area contributed by atoms with Gasteiger partial charge in [0.15, 0.2) is 0 Å². The Morgan fingerprint density at radius 2 is 1.82 bits per heavy atom. The number of sulfonamides is 1. The zero-order valence-corrected chi connectivity index (χ0v) is 17.8. The summed E-state index contributed by atoms with van der Waals surface area (Å²) < 4.78 is 36.3. The summed E-state index contributed by atoms with van der Waals surface area (Å²) in [6.07, 6.45) is 2.07. The van der Waals surface area contributed by atoms with Crippen molar-refractivity contribution in [3.63, 3.8) is 0 Å². The number of carbonyl (C=O) groups is 2. The third kappa shape index (κ3) is 4.76. The molecule has 1 atom stereocenters. The van der Waals surface area contributed by atoms with Gasteiger partial charge in [0.2, 0.25) is 15.9 Å². The number of hydrogen-bond donors (Lipinski definition) is 0. The van der Waals surface area contributed by atoms with Crippen LogP contribution in [0.25, 0.3) is 0 Å². The average Bonchev–Trinajstić information content (AvgIpc) is 2.66. The number of esters is 1. The van der Waals surface area contributed by atoms with Crippen LogP contribution in [0.15, 0.2) is 18.2 Å². The SMILES string of the molecule is COC(=O)C1CCN(C(=O)C(C)N(c2cc(C)ccc2OC)S(C)(=O)=O)CC1. The first kappa shape index (κ1) is 22.0. The molecule has 1 saturated heterocycles. The van der Waals surface area contributed by atoms with Crippen LogP contribution >= 0.6 is 0 Å². The first-order valence-electron chi connectivity index (χ1n) is 9.10. The molecule has 0 aromatic heterocycles. The molecule has 1 aromatic carbocycles. The molecule has 1 amide bonds. The molecule has 1 fully saturated rings. The Bertz CT molecular complexity index is 831. The van der Waals surface area contributed by atoms with Crippen LogP contribution < -0.4 is 9.04 Å². The van der Waals surface area contributed by atoms with Crippen molar-refractivity contribution in [1.82, 2.24) is 4.90 Å². The fourth-order valence-electron chi connectivity index (χ4n) is 3.51. The predicted octanol–water partition coefficient (Wildman–Crippen LogP) is 1.57. The lowest BCUT2D eigenvalue weighted by Crippen LogP contribution is -2.51. The molecule has 0 bridgehead atoms. The lowest BCUT2D eigenvalue weighted by atomic mass is 9.96. The summed E-state index contributed by atoms with van der Waals surface area (Å²) in [4.78, 5) is 26.3. The number of likely N-dealkylation sites (tertiary alicyclic amines) is 1. The maximum absolute atomic E-state index is 13.1. The second-order valence-corrected chi connectivity index (χ2v) is 8.89. The zero-order chi connectivity index (χ0) is 21.1. The van der Waals surface area contributed by atoms with Crippen molar-refractivity contribution in [3.8, 4) is 5.75 Å². The zero-order valence-electron chi connectivity index (χ0n) is 17.0. The Balaban J connectivity index is 2.28. The van der Waals surface area contributed by atoms with Gasteiger partial charge in [-0.1, -0.05) is 6.07 Å². The van der Waals surface area contributed by atoms with E-state index in [1.54, 1.807) is 24.0 Å². The number of amides is 1. The molecule has 1 heterocycles. The molecule has 0 spiro atoms. The van der Waals surface area contributed by atoms with Crippen molar-refractivity contribution in [2.45, 2.75) is 32.7 Å². The van der Waals surface area contributed by atoms with Gasteiger partial charge in [0.25, 0.3) is 0 Å². The number of nitrogens with zero attached hydrogens (tertiary/aromatic N) is 2. The molecule has 2 rings (SSSR count). The molecule has 0 radical (unpaired) electrons. The van der Waals surface area contributed by atoms with Gasteiger partial charge < -0.3 is 14.4 Å². The van der Waals surface area contributed by atoms with Crippen molar-refractivity contribution in [2.24, 2.45) is 5.92 Å². The molecule has 9 heteroatoms. The van der Waals surface area contributed by atoms with E-state index < -0.39 is 16.1 Å². The third-order valence-corrected chi connectivity index (χ3v) is 6.21. The Morgan fingerprint density at radius 1 is 1.21 bits per heavy atom. The van der Waals surface area contributed by atoms with Crippen molar-refractivity contribution >= 4 is 27.6 Å². The summed E-state index contributed by atoms with van der Waals surface area (Å²) in [5.74, 6) is -0.438. The number of carbonyl (C=O) groups excluding carboxylic acids is 2. The monoisotopic (exact) mass is 412 g/mol. The number of piperidine rings is 1. The lowest BCUT2D eigenvalue weighted by molar-refractivity contribution is -0.149. The molecule has 0 saturated carbocycles. The van der Waals surface area contributed by atoms with E-state index >= 15 is 0 Å². The summed E-state index contributed by atoms with van der Waals surface area (Å²) in [6, 6.07) is 4.24. The Hall–Kier alpha value is -2.29. The number of benzene rings is 1.